The molecule has 0 bridgehead atoms. The molecule has 1 aliphatic heterocycles. The first-order chi connectivity index (χ1) is 11.6. The third kappa shape index (κ3) is 3.43. The Morgan fingerprint density at radius 2 is 2.21 bits per heavy atom. The normalized spacial score (nSPS) is 17.5. The fourth-order valence-corrected chi connectivity index (χ4v) is 3.17. The maximum absolute atomic E-state index is 12.9. The minimum absolute atomic E-state index is 0.00767. The predicted octanol–water partition coefficient (Wildman–Crippen LogP) is 2.22. The first kappa shape index (κ1) is 16.5. The SMILES string of the molecule is Cc1ncccc1C(=O)N1CCC[C@@H]1c1cncc(CN(C)C)n1. The number of rotatable bonds is 4. The average molecular weight is 325 g/mol. The van der Waals surface area contributed by atoms with Crippen LogP contribution < -0.4 is 0 Å². The van der Waals surface area contributed by atoms with Crippen LogP contribution in [0.5, 0.6) is 0 Å². The van der Waals surface area contributed by atoms with E-state index < -0.39 is 0 Å². The molecule has 0 unspecified atom stereocenters. The maximum atomic E-state index is 12.9. The Balaban J connectivity index is 1.86. The fourth-order valence-electron chi connectivity index (χ4n) is 3.17. The summed E-state index contributed by atoms with van der Waals surface area (Å²) in [5.41, 5.74) is 3.23. The van der Waals surface area contributed by atoms with E-state index in [9.17, 15) is 4.79 Å². The molecular weight excluding hydrogens is 302 g/mol. The summed E-state index contributed by atoms with van der Waals surface area (Å²) < 4.78 is 0. The van der Waals surface area contributed by atoms with E-state index in [1.165, 1.54) is 0 Å². The monoisotopic (exact) mass is 325 g/mol. The summed E-state index contributed by atoms with van der Waals surface area (Å²) in [6.07, 6.45) is 7.19. The van der Waals surface area contributed by atoms with Gasteiger partial charge < -0.3 is 9.80 Å². The van der Waals surface area contributed by atoms with Gasteiger partial charge in [0.25, 0.3) is 5.91 Å². The minimum Gasteiger partial charge on any atom is -0.330 e. The second-order valence-corrected chi connectivity index (χ2v) is 6.47. The van der Waals surface area contributed by atoms with Crippen molar-refractivity contribution in [3.63, 3.8) is 0 Å². The predicted molar refractivity (Wildman–Crippen MR) is 91.4 cm³/mol. The molecular formula is C18H23N5O. The number of carbonyl (C=O) groups is 1. The van der Waals surface area contributed by atoms with Crippen molar-refractivity contribution in [3.8, 4) is 0 Å². The summed E-state index contributed by atoms with van der Waals surface area (Å²) in [6.45, 7) is 3.36. The van der Waals surface area contributed by atoms with Crippen LogP contribution in [0.1, 0.15) is 46.3 Å². The van der Waals surface area contributed by atoms with Crippen LogP contribution in [0.4, 0.5) is 0 Å². The molecule has 24 heavy (non-hydrogen) atoms. The summed E-state index contributed by atoms with van der Waals surface area (Å²) in [5.74, 6) is 0.0305. The van der Waals surface area contributed by atoms with Gasteiger partial charge >= 0.3 is 0 Å². The molecule has 3 heterocycles. The summed E-state index contributed by atoms with van der Waals surface area (Å²) in [4.78, 5) is 30.2. The topological polar surface area (TPSA) is 62.2 Å². The first-order valence-corrected chi connectivity index (χ1v) is 8.24. The van der Waals surface area contributed by atoms with E-state index in [4.69, 9.17) is 4.98 Å². The molecule has 0 aromatic carbocycles. The summed E-state index contributed by atoms with van der Waals surface area (Å²) in [7, 11) is 4.01. The molecule has 1 saturated heterocycles. The highest BCUT2D eigenvalue weighted by molar-refractivity contribution is 5.95. The van der Waals surface area contributed by atoms with Gasteiger partial charge in [0.05, 0.1) is 29.2 Å². The smallest absolute Gasteiger partial charge is 0.256 e. The van der Waals surface area contributed by atoms with Crippen molar-refractivity contribution in [3.05, 3.63) is 53.4 Å². The van der Waals surface area contributed by atoms with Crippen molar-refractivity contribution in [1.82, 2.24) is 24.8 Å². The van der Waals surface area contributed by atoms with Gasteiger partial charge in [-0.25, -0.2) is 0 Å². The third-order valence-corrected chi connectivity index (χ3v) is 4.27. The molecule has 1 amide bonds. The molecule has 0 saturated carbocycles. The number of hydrogen-bond acceptors (Lipinski definition) is 5. The molecule has 6 nitrogen and oxygen atoms in total. The van der Waals surface area contributed by atoms with Crippen molar-refractivity contribution in [2.75, 3.05) is 20.6 Å². The summed E-state index contributed by atoms with van der Waals surface area (Å²) in [5, 5.41) is 0. The summed E-state index contributed by atoms with van der Waals surface area (Å²) in [6, 6.07) is 3.64. The van der Waals surface area contributed by atoms with E-state index in [0.29, 0.717) is 5.56 Å². The van der Waals surface area contributed by atoms with E-state index in [0.717, 1.165) is 43.0 Å². The zero-order valence-electron chi connectivity index (χ0n) is 14.4. The van der Waals surface area contributed by atoms with Gasteiger partial charge in [0.1, 0.15) is 0 Å². The lowest BCUT2D eigenvalue weighted by Crippen LogP contribution is -2.32. The van der Waals surface area contributed by atoms with Crippen LogP contribution >= 0.6 is 0 Å². The Kier molecular flexibility index (Phi) is 4.85. The van der Waals surface area contributed by atoms with Gasteiger partial charge in [0.2, 0.25) is 0 Å². The lowest BCUT2D eigenvalue weighted by molar-refractivity contribution is 0.0731. The quantitative estimate of drug-likeness (QED) is 0.862. The highest BCUT2D eigenvalue weighted by Crippen LogP contribution is 2.32. The molecule has 1 aliphatic rings. The van der Waals surface area contributed by atoms with E-state index in [-0.39, 0.29) is 11.9 Å². The maximum Gasteiger partial charge on any atom is 0.256 e. The molecule has 1 atom stereocenters. The number of amides is 1. The highest BCUT2D eigenvalue weighted by Gasteiger charge is 2.32. The molecule has 0 radical (unpaired) electrons. The molecule has 0 spiro atoms. The van der Waals surface area contributed by atoms with E-state index >= 15 is 0 Å². The number of nitrogens with zero attached hydrogens (tertiary/aromatic N) is 5. The van der Waals surface area contributed by atoms with Crippen LogP contribution in [0.3, 0.4) is 0 Å². The van der Waals surface area contributed by atoms with E-state index in [2.05, 4.69) is 14.9 Å². The van der Waals surface area contributed by atoms with Crippen molar-refractivity contribution in [2.45, 2.75) is 32.4 Å². The molecule has 2 aromatic rings. The van der Waals surface area contributed by atoms with Gasteiger partial charge in [-0.2, -0.15) is 0 Å². The number of hydrogen-bond donors (Lipinski definition) is 0. The second-order valence-electron chi connectivity index (χ2n) is 6.47. The number of carbonyl (C=O) groups excluding carboxylic acids is 1. The summed E-state index contributed by atoms with van der Waals surface area (Å²) >= 11 is 0. The Labute approximate surface area is 142 Å². The molecule has 3 rings (SSSR count). The van der Waals surface area contributed by atoms with Crippen LogP contribution in [0.15, 0.2) is 30.7 Å². The van der Waals surface area contributed by atoms with Gasteiger partial charge in [-0.05, 0) is 46.0 Å². The van der Waals surface area contributed by atoms with Crippen LogP contribution in [-0.2, 0) is 6.54 Å². The molecule has 0 N–H and O–H groups in total. The van der Waals surface area contributed by atoms with Gasteiger partial charge in [-0.1, -0.05) is 0 Å². The van der Waals surface area contributed by atoms with Gasteiger partial charge in [0, 0.05) is 31.2 Å². The van der Waals surface area contributed by atoms with Crippen molar-refractivity contribution >= 4 is 5.91 Å². The molecule has 2 aromatic heterocycles. The number of aromatic nitrogens is 3. The zero-order chi connectivity index (χ0) is 17.1. The molecule has 6 heteroatoms. The lowest BCUT2D eigenvalue weighted by Gasteiger charge is -2.25. The van der Waals surface area contributed by atoms with Crippen LogP contribution in [-0.4, -0.2) is 51.3 Å². The Hall–Kier alpha value is -2.34. The van der Waals surface area contributed by atoms with Crippen LogP contribution in [0.25, 0.3) is 0 Å². The number of pyridine rings is 1. The van der Waals surface area contributed by atoms with Crippen LogP contribution in [0.2, 0.25) is 0 Å². The highest BCUT2D eigenvalue weighted by atomic mass is 16.2. The fraction of sp³-hybridized carbons (Fsp3) is 0.444. The first-order valence-electron chi connectivity index (χ1n) is 8.24. The lowest BCUT2D eigenvalue weighted by atomic mass is 10.1. The zero-order valence-corrected chi connectivity index (χ0v) is 14.4. The van der Waals surface area contributed by atoms with Crippen molar-refractivity contribution < 1.29 is 4.79 Å². The van der Waals surface area contributed by atoms with Crippen molar-refractivity contribution in [2.24, 2.45) is 0 Å². The second kappa shape index (κ2) is 7.05. The van der Waals surface area contributed by atoms with Gasteiger partial charge in [0.15, 0.2) is 0 Å². The Bertz CT molecular complexity index is 731. The minimum atomic E-state index is -0.00767. The molecule has 0 aliphatic carbocycles. The Morgan fingerprint density at radius 1 is 1.38 bits per heavy atom. The van der Waals surface area contributed by atoms with Gasteiger partial charge in [-0.3, -0.25) is 19.7 Å². The average Bonchev–Trinajstić information content (AvgIpc) is 3.04. The van der Waals surface area contributed by atoms with Crippen molar-refractivity contribution in [1.29, 1.82) is 0 Å². The third-order valence-electron chi connectivity index (χ3n) is 4.27. The Morgan fingerprint density at radius 3 is 2.96 bits per heavy atom. The van der Waals surface area contributed by atoms with Gasteiger partial charge in [-0.15, -0.1) is 0 Å². The standard InChI is InChI=1S/C18H23N5O/c1-13-15(6-4-8-20-13)18(24)23-9-5-7-17(23)16-11-19-10-14(21-16)12-22(2)3/h4,6,8,10-11,17H,5,7,9,12H2,1-3H3/t17-/m1/s1. The molecule has 1 fully saturated rings. The largest absolute Gasteiger partial charge is 0.330 e. The van der Waals surface area contributed by atoms with Crippen LogP contribution in [0, 0.1) is 6.92 Å². The molecule has 126 valence electrons. The van der Waals surface area contributed by atoms with E-state index in [1.54, 1.807) is 18.6 Å². The van der Waals surface area contributed by atoms with E-state index in [1.807, 2.05) is 38.1 Å². The number of likely N-dealkylation sites (tertiary alicyclic amines) is 1. The number of aryl methyl sites for hydroxylation is 1.